The Bertz CT molecular complexity index is 706. The van der Waals surface area contributed by atoms with E-state index in [2.05, 4.69) is 19.1 Å². The molecule has 0 aliphatic rings. The smallest absolute Gasteiger partial charge is 0.410 e. The first kappa shape index (κ1) is 35.2. The first-order valence-corrected chi connectivity index (χ1v) is 14.8. The Labute approximate surface area is 237 Å². The summed E-state index contributed by atoms with van der Waals surface area (Å²) in [4.78, 5) is 13.4. The lowest BCUT2D eigenvalue weighted by Gasteiger charge is -2.24. The van der Waals surface area contributed by atoms with Gasteiger partial charge in [0.1, 0.15) is 18.0 Å². The number of nitrogens with zero attached hydrogens (tertiary/aromatic N) is 1. The number of hydrogen-bond donors (Lipinski definition) is 0. The van der Waals surface area contributed by atoms with E-state index in [0.29, 0.717) is 66.0 Å². The Morgan fingerprint density at radius 3 is 1.72 bits per heavy atom. The zero-order chi connectivity index (χ0) is 28.6. The summed E-state index contributed by atoms with van der Waals surface area (Å²) >= 11 is 0. The van der Waals surface area contributed by atoms with E-state index >= 15 is 0 Å². The minimum Gasteiger partial charge on any atom is -0.491 e. The molecule has 226 valence electrons. The van der Waals surface area contributed by atoms with Crippen molar-refractivity contribution in [2.45, 2.75) is 84.7 Å². The van der Waals surface area contributed by atoms with E-state index in [1.807, 2.05) is 32.9 Å². The van der Waals surface area contributed by atoms with Gasteiger partial charge in [-0.3, -0.25) is 0 Å². The molecule has 1 aromatic rings. The molecule has 0 saturated carbocycles. The second-order valence-electron chi connectivity index (χ2n) is 10.7. The lowest BCUT2D eigenvalue weighted by molar-refractivity contribution is -0.00780. The summed E-state index contributed by atoms with van der Waals surface area (Å²) in [6, 6.07) is 8.43. The fourth-order valence-electron chi connectivity index (χ4n) is 3.65. The second-order valence-corrected chi connectivity index (χ2v) is 10.7. The molecule has 1 rings (SSSR count). The van der Waals surface area contributed by atoms with Crippen LogP contribution in [0.1, 0.15) is 78.2 Å². The van der Waals surface area contributed by atoms with Crippen LogP contribution in [0.5, 0.6) is 5.75 Å². The monoisotopic (exact) mass is 553 g/mol. The molecule has 0 aliphatic carbocycles. The van der Waals surface area contributed by atoms with Gasteiger partial charge in [0.05, 0.1) is 52.9 Å². The Balaban J connectivity index is 1.86. The Morgan fingerprint density at radius 2 is 1.18 bits per heavy atom. The van der Waals surface area contributed by atoms with Gasteiger partial charge in [0.15, 0.2) is 0 Å². The normalized spacial score (nSPS) is 11.5. The summed E-state index contributed by atoms with van der Waals surface area (Å²) in [5.74, 6) is 0.884. The fourth-order valence-corrected chi connectivity index (χ4v) is 3.65. The molecule has 0 atom stereocenters. The maximum Gasteiger partial charge on any atom is 0.410 e. The number of benzene rings is 1. The number of carbonyl (C=O) groups is 1. The molecule has 0 radical (unpaired) electrons. The van der Waals surface area contributed by atoms with Gasteiger partial charge in [-0.1, -0.05) is 57.6 Å². The molecule has 8 nitrogen and oxygen atoms in total. The molecular formula is C31H55NO7. The predicted molar refractivity (Wildman–Crippen MR) is 156 cm³/mol. The molecule has 0 N–H and O–H groups in total. The quantitative estimate of drug-likeness (QED) is 0.139. The van der Waals surface area contributed by atoms with Crippen molar-refractivity contribution < 1.29 is 33.2 Å². The highest BCUT2D eigenvalue weighted by Gasteiger charge is 2.19. The van der Waals surface area contributed by atoms with E-state index in [9.17, 15) is 4.79 Å². The van der Waals surface area contributed by atoms with Crippen molar-refractivity contribution >= 4 is 6.09 Å². The third-order valence-corrected chi connectivity index (χ3v) is 5.88. The van der Waals surface area contributed by atoms with Crippen LogP contribution >= 0.6 is 0 Å². The number of amides is 1. The number of rotatable bonds is 24. The SMILES string of the molecule is CCCCCCCCCc1ccc(OCCOCCOCCOCCOCCN(C)C(=O)OC(C)(C)C)cc1. The average molecular weight is 554 g/mol. The van der Waals surface area contributed by atoms with Gasteiger partial charge in [0.2, 0.25) is 0 Å². The average Bonchev–Trinajstić information content (AvgIpc) is 2.90. The fraction of sp³-hybridized carbons (Fsp3) is 0.774. The van der Waals surface area contributed by atoms with Crippen LogP contribution in [-0.4, -0.2) is 89.6 Å². The molecule has 0 saturated heterocycles. The van der Waals surface area contributed by atoms with Gasteiger partial charge < -0.3 is 33.3 Å². The molecule has 0 fully saturated rings. The third kappa shape index (κ3) is 21.6. The molecular weight excluding hydrogens is 498 g/mol. The molecule has 0 spiro atoms. The summed E-state index contributed by atoms with van der Waals surface area (Å²) in [6.45, 7) is 12.7. The molecule has 0 unspecified atom stereocenters. The van der Waals surface area contributed by atoms with Crippen molar-refractivity contribution in [3.05, 3.63) is 29.8 Å². The maximum absolute atomic E-state index is 11.8. The van der Waals surface area contributed by atoms with Gasteiger partial charge in [-0.05, 0) is 51.3 Å². The van der Waals surface area contributed by atoms with Crippen molar-refractivity contribution in [1.29, 1.82) is 0 Å². The summed E-state index contributed by atoms with van der Waals surface area (Å²) in [5, 5.41) is 0. The van der Waals surface area contributed by atoms with Crippen LogP contribution in [0, 0.1) is 0 Å². The zero-order valence-corrected chi connectivity index (χ0v) is 25.3. The molecule has 1 aromatic carbocycles. The number of ether oxygens (including phenoxy) is 6. The number of carbonyl (C=O) groups excluding carboxylic acids is 1. The largest absolute Gasteiger partial charge is 0.491 e. The highest BCUT2D eigenvalue weighted by molar-refractivity contribution is 5.67. The van der Waals surface area contributed by atoms with Crippen molar-refractivity contribution in [3.8, 4) is 5.75 Å². The zero-order valence-electron chi connectivity index (χ0n) is 25.3. The van der Waals surface area contributed by atoms with Crippen LogP contribution in [0.15, 0.2) is 24.3 Å². The van der Waals surface area contributed by atoms with E-state index in [1.54, 1.807) is 7.05 Å². The predicted octanol–water partition coefficient (Wildman–Crippen LogP) is 6.29. The molecule has 0 heterocycles. The third-order valence-electron chi connectivity index (χ3n) is 5.88. The first-order chi connectivity index (χ1) is 18.8. The van der Waals surface area contributed by atoms with Crippen LogP contribution in [0.4, 0.5) is 4.79 Å². The topological polar surface area (TPSA) is 75.7 Å². The highest BCUT2D eigenvalue weighted by atomic mass is 16.6. The summed E-state index contributed by atoms with van der Waals surface area (Å²) in [6.07, 6.45) is 10.2. The van der Waals surface area contributed by atoms with Gasteiger partial charge in [0.25, 0.3) is 0 Å². The van der Waals surface area contributed by atoms with E-state index in [1.165, 1.54) is 55.4 Å². The van der Waals surface area contributed by atoms with Crippen LogP contribution in [0.2, 0.25) is 0 Å². The van der Waals surface area contributed by atoms with E-state index in [-0.39, 0.29) is 6.09 Å². The maximum atomic E-state index is 11.8. The number of likely N-dealkylation sites (N-methyl/N-ethyl adjacent to an activating group) is 1. The van der Waals surface area contributed by atoms with Gasteiger partial charge >= 0.3 is 6.09 Å². The Kier molecular flexibility index (Phi) is 20.6. The van der Waals surface area contributed by atoms with E-state index < -0.39 is 5.60 Å². The molecule has 0 aliphatic heterocycles. The van der Waals surface area contributed by atoms with Crippen molar-refractivity contribution in [3.63, 3.8) is 0 Å². The summed E-state index contributed by atoms with van der Waals surface area (Å²) < 4.78 is 33.1. The van der Waals surface area contributed by atoms with Crippen molar-refractivity contribution in [1.82, 2.24) is 4.90 Å². The molecule has 39 heavy (non-hydrogen) atoms. The number of unbranched alkanes of at least 4 members (excludes halogenated alkanes) is 6. The van der Waals surface area contributed by atoms with Gasteiger partial charge in [-0.2, -0.15) is 0 Å². The lowest BCUT2D eigenvalue weighted by Crippen LogP contribution is -2.36. The lowest BCUT2D eigenvalue weighted by atomic mass is 10.0. The second kappa shape index (κ2) is 22.9. The van der Waals surface area contributed by atoms with Crippen LogP contribution in [-0.2, 0) is 30.1 Å². The summed E-state index contributed by atoms with van der Waals surface area (Å²) in [7, 11) is 1.69. The van der Waals surface area contributed by atoms with Gasteiger partial charge in [0, 0.05) is 13.6 Å². The van der Waals surface area contributed by atoms with E-state index in [0.717, 1.165) is 12.2 Å². The van der Waals surface area contributed by atoms with Gasteiger partial charge in [-0.25, -0.2) is 4.79 Å². The Hall–Kier alpha value is -1.87. The highest BCUT2D eigenvalue weighted by Crippen LogP contribution is 2.15. The van der Waals surface area contributed by atoms with Crippen LogP contribution < -0.4 is 4.74 Å². The first-order valence-electron chi connectivity index (χ1n) is 14.8. The summed E-state index contributed by atoms with van der Waals surface area (Å²) in [5.41, 5.74) is 0.881. The van der Waals surface area contributed by atoms with Crippen LogP contribution in [0.25, 0.3) is 0 Å². The number of hydrogen-bond acceptors (Lipinski definition) is 7. The Morgan fingerprint density at radius 1 is 0.692 bits per heavy atom. The van der Waals surface area contributed by atoms with Crippen molar-refractivity contribution in [2.75, 3.05) is 73.1 Å². The molecule has 8 heteroatoms. The molecule has 0 aromatic heterocycles. The number of aryl methyl sites for hydroxylation is 1. The minimum absolute atomic E-state index is 0.352. The van der Waals surface area contributed by atoms with E-state index in [4.69, 9.17) is 28.4 Å². The molecule has 1 amide bonds. The standard InChI is InChI=1S/C31H55NO7/c1-6-7-8-9-10-11-12-13-28-14-16-29(17-15-28)38-27-26-37-25-24-36-23-22-35-21-20-34-19-18-32(5)30(33)39-31(2,3)4/h14-17H,6-13,18-27H2,1-5H3. The van der Waals surface area contributed by atoms with Crippen molar-refractivity contribution in [2.24, 2.45) is 0 Å². The minimum atomic E-state index is -0.498. The van der Waals surface area contributed by atoms with Crippen LogP contribution in [0.3, 0.4) is 0 Å². The van der Waals surface area contributed by atoms with Gasteiger partial charge in [-0.15, -0.1) is 0 Å². The molecule has 0 bridgehead atoms.